The summed E-state index contributed by atoms with van der Waals surface area (Å²) in [5, 5.41) is 6.62. The average molecular weight is 386 g/mol. The smallest absolute Gasteiger partial charge is 0.223 e. The molecular formula is C21H24ClN3O2. The Morgan fingerprint density at radius 2 is 1.48 bits per heavy atom. The molecule has 1 aromatic carbocycles. The van der Waals surface area contributed by atoms with Crippen molar-refractivity contribution in [3.8, 4) is 0 Å². The van der Waals surface area contributed by atoms with E-state index in [4.69, 9.17) is 11.6 Å². The van der Waals surface area contributed by atoms with Gasteiger partial charge in [-0.2, -0.15) is 0 Å². The van der Waals surface area contributed by atoms with Gasteiger partial charge in [0, 0.05) is 29.6 Å². The first-order valence-corrected chi connectivity index (χ1v) is 9.69. The van der Waals surface area contributed by atoms with Crippen LogP contribution in [0.5, 0.6) is 0 Å². The molecule has 2 N–H and O–H groups in total. The van der Waals surface area contributed by atoms with Gasteiger partial charge in [0.05, 0.1) is 12.2 Å². The zero-order valence-electron chi connectivity index (χ0n) is 15.2. The van der Waals surface area contributed by atoms with Crippen LogP contribution in [0.1, 0.15) is 36.9 Å². The van der Waals surface area contributed by atoms with Gasteiger partial charge in [-0.3, -0.25) is 14.6 Å². The second-order valence-electron chi connectivity index (χ2n) is 6.93. The molecule has 1 fully saturated rings. The van der Waals surface area contributed by atoms with Crippen molar-refractivity contribution < 1.29 is 9.59 Å². The van der Waals surface area contributed by atoms with E-state index in [1.54, 1.807) is 6.20 Å². The molecule has 1 aliphatic rings. The molecule has 1 aliphatic carbocycles. The third-order valence-electron chi connectivity index (χ3n) is 5.02. The van der Waals surface area contributed by atoms with Gasteiger partial charge in [-0.15, -0.1) is 0 Å². The highest BCUT2D eigenvalue weighted by molar-refractivity contribution is 6.30. The first-order valence-electron chi connectivity index (χ1n) is 9.31. The lowest BCUT2D eigenvalue weighted by Gasteiger charge is -2.27. The molecule has 0 atom stereocenters. The number of carbonyl (C=O) groups is 2. The monoisotopic (exact) mass is 385 g/mol. The molecule has 2 aromatic rings. The maximum Gasteiger partial charge on any atom is 0.223 e. The number of hydrogen-bond acceptors (Lipinski definition) is 3. The maximum atomic E-state index is 12.4. The maximum absolute atomic E-state index is 12.4. The normalized spacial score (nSPS) is 19.3. The Bertz CT molecular complexity index is 757. The van der Waals surface area contributed by atoms with Crippen molar-refractivity contribution in [2.45, 2.75) is 38.8 Å². The number of hydrogen-bond donors (Lipinski definition) is 2. The Kier molecular flexibility index (Phi) is 6.82. The molecule has 0 saturated heterocycles. The molecule has 142 valence electrons. The molecule has 0 radical (unpaired) electrons. The van der Waals surface area contributed by atoms with Gasteiger partial charge in [0.2, 0.25) is 11.8 Å². The number of carbonyl (C=O) groups excluding carboxylic acids is 2. The molecule has 1 aromatic heterocycles. The van der Waals surface area contributed by atoms with E-state index in [9.17, 15) is 9.59 Å². The van der Waals surface area contributed by atoms with Crippen molar-refractivity contribution in [1.82, 2.24) is 15.6 Å². The molecule has 0 aliphatic heterocycles. The quantitative estimate of drug-likeness (QED) is 0.799. The van der Waals surface area contributed by atoms with Crippen LogP contribution in [0.15, 0.2) is 48.7 Å². The number of rotatable bonds is 6. The van der Waals surface area contributed by atoms with E-state index >= 15 is 0 Å². The molecule has 5 nitrogen and oxygen atoms in total. The zero-order chi connectivity index (χ0) is 19.1. The first kappa shape index (κ1) is 19.4. The Morgan fingerprint density at radius 1 is 0.889 bits per heavy atom. The van der Waals surface area contributed by atoms with E-state index in [2.05, 4.69) is 15.6 Å². The van der Waals surface area contributed by atoms with Crippen LogP contribution in [0.25, 0.3) is 0 Å². The second-order valence-corrected chi connectivity index (χ2v) is 7.37. The van der Waals surface area contributed by atoms with Gasteiger partial charge in [0.15, 0.2) is 0 Å². The minimum Gasteiger partial charge on any atom is -0.352 e. The number of pyridine rings is 1. The van der Waals surface area contributed by atoms with Crippen molar-refractivity contribution in [3.63, 3.8) is 0 Å². The highest BCUT2D eigenvalue weighted by atomic mass is 35.5. The average Bonchev–Trinajstić information content (AvgIpc) is 2.72. The minimum absolute atomic E-state index is 0.0165. The Morgan fingerprint density at radius 3 is 2.04 bits per heavy atom. The molecule has 1 saturated carbocycles. The van der Waals surface area contributed by atoms with Gasteiger partial charge in [-0.05, 0) is 55.5 Å². The molecule has 3 rings (SSSR count). The lowest BCUT2D eigenvalue weighted by molar-refractivity contribution is -0.130. The van der Waals surface area contributed by atoms with E-state index in [-0.39, 0.29) is 23.7 Å². The van der Waals surface area contributed by atoms with Crippen molar-refractivity contribution >= 4 is 23.4 Å². The molecular weight excluding hydrogens is 362 g/mol. The minimum atomic E-state index is -0.0194. The van der Waals surface area contributed by atoms with Gasteiger partial charge in [-0.1, -0.05) is 29.8 Å². The summed E-state index contributed by atoms with van der Waals surface area (Å²) < 4.78 is 0. The topological polar surface area (TPSA) is 71.1 Å². The van der Waals surface area contributed by atoms with Crippen molar-refractivity contribution in [2.75, 3.05) is 0 Å². The van der Waals surface area contributed by atoms with Crippen LogP contribution in [-0.4, -0.2) is 16.8 Å². The molecule has 0 bridgehead atoms. The summed E-state index contributed by atoms with van der Waals surface area (Å²) in [5.41, 5.74) is 1.87. The van der Waals surface area contributed by atoms with Gasteiger partial charge >= 0.3 is 0 Å². The number of aromatic nitrogens is 1. The summed E-state index contributed by atoms with van der Waals surface area (Å²) in [6.07, 6.45) is 4.69. The first-order chi connectivity index (χ1) is 13.1. The Labute approximate surface area is 164 Å². The van der Waals surface area contributed by atoms with Crippen molar-refractivity contribution in [1.29, 1.82) is 0 Å². The SMILES string of the molecule is O=C(NCc1ccc(Cl)cc1)C1CCC(C(=O)NCc2ccccn2)CC1. The third-order valence-corrected chi connectivity index (χ3v) is 5.27. The molecule has 2 amide bonds. The second kappa shape index (κ2) is 9.51. The number of amides is 2. The zero-order valence-corrected chi connectivity index (χ0v) is 15.9. The summed E-state index contributed by atoms with van der Waals surface area (Å²) in [6.45, 7) is 0.946. The number of nitrogens with one attached hydrogen (secondary N) is 2. The van der Waals surface area contributed by atoms with Crippen molar-refractivity contribution in [2.24, 2.45) is 11.8 Å². The molecule has 1 heterocycles. The number of benzene rings is 1. The molecule has 0 spiro atoms. The van der Waals surface area contributed by atoms with E-state index in [0.717, 1.165) is 36.9 Å². The fourth-order valence-corrected chi connectivity index (χ4v) is 3.50. The van der Waals surface area contributed by atoms with Gasteiger partial charge in [0.25, 0.3) is 0 Å². The predicted molar refractivity (Wildman–Crippen MR) is 105 cm³/mol. The largest absolute Gasteiger partial charge is 0.352 e. The fraction of sp³-hybridized carbons (Fsp3) is 0.381. The van der Waals surface area contributed by atoms with Gasteiger partial charge in [0.1, 0.15) is 0 Å². The summed E-state index contributed by atoms with van der Waals surface area (Å²) in [4.78, 5) is 28.9. The summed E-state index contributed by atoms with van der Waals surface area (Å²) in [7, 11) is 0. The van der Waals surface area contributed by atoms with Crippen LogP contribution >= 0.6 is 11.6 Å². The Hall–Kier alpha value is -2.40. The summed E-state index contributed by atoms with van der Waals surface area (Å²) >= 11 is 5.87. The van der Waals surface area contributed by atoms with E-state index in [1.165, 1.54) is 0 Å². The lowest BCUT2D eigenvalue weighted by Crippen LogP contribution is -2.37. The van der Waals surface area contributed by atoms with E-state index in [0.29, 0.717) is 18.1 Å². The highest BCUT2D eigenvalue weighted by Crippen LogP contribution is 2.29. The van der Waals surface area contributed by atoms with Crippen LogP contribution < -0.4 is 10.6 Å². The number of nitrogens with zero attached hydrogens (tertiary/aromatic N) is 1. The predicted octanol–water partition coefficient (Wildman–Crippen LogP) is 3.47. The van der Waals surface area contributed by atoms with Crippen LogP contribution in [0.4, 0.5) is 0 Å². The molecule has 0 unspecified atom stereocenters. The standard InChI is InChI=1S/C21H24ClN3O2/c22-18-10-4-15(5-11-18)13-24-20(26)16-6-8-17(9-7-16)21(27)25-14-19-3-1-2-12-23-19/h1-5,10-12,16-17H,6-9,13-14H2,(H,24,26)(H,25,27). The third kappa shape index (κ3) is 5.79. The van der Waals surface area contributed by atoms with Crippen molar-refractivity contribution in [3.05, 3.63) is 64.9 Å². The van der Waals surface area contributed by atoms with Crippen LogP contribution in [-0.2, 0) is 22.7 Å². The lowest BCUT2D eigenvalue weighted by atomic mass is 9.81. The van der Waals surface area contributed by atoms with Crippen LogP contribution in [0, 0.1) is 11.8 Å². The van der Waals surface area contributed by atoms with Gasteiger partial charge < -0.3 is 10.6 Å². The van der Waals surface area contributed by atoms with Gasteiger partial charge in [-0.25, -0.2) is 0 Å². The highest BCUT2D eigenvalue weighted by Gasteiger charge is 2.29. The fourth-order valence-electron chi connectivity index (χ4n) is 3.38. The van der Waals surface area contributed by atoms with E-state index in [1.807, 2.05) is 42.5 Å². The molecule has 6 heteroatoms. The van der Waals surface area contributed by atoms with Crippen LogP contribution in [0.2, 0.25) is 5.02 Å². The molecule has 27 heavy (non-hydrogen) atoms. The Balaban J connectivity index is 1.39. The van der Waals surface area contributed by atoms with E-state index < -0.39 is 0 Å². The number of halogens is 1. The van der Waals surface area contributed by atoms with Crippen LogP contribution in [0.3, 0.4) is 0 Å². The summed E-state index contributed by atoms with van der Waals surface area (Å²) in [6, 6.07) is 13.1. The summed E-state index contributed by atoms with van der Waals surface area (Å²) in [5.74, 6) is 0.0872.